The van der Waals surface area contributed by atoms with Crippen LogP contribution in [-0.2, 0) is 6.42 Å². The number of para-hydroxylation sites is 2. The van der Waals surface area contributed by atoms with Crippen LogP contribution in [0, 0.1) is 4.77 Å². The summed E-state index contributed by atoms with van der Waals surface area (Å²) in [4.78, 5) is 16.3. The van der Waals surface area contributed by atoms with Gasteiger partial charge in [0.1, 0.15) is 5.56 Å². The van der Waals surface area contributed by atoms with Crippen LogP contribution >= 0.6 is 12.2 Å². The third-order valence-electron chi connectivity index (χ3n) is 6.97. The molecule has 9 heteroatoms. The summed E-state index contributed by atoms with van der Waals surface area (Å²) in [5.74, 6) is 1.41. The highest BCUT2D eigenvalue weighted by atomic mass is 32.1. The molecular formula is C28H25N3O5S. The summed E-state index contributed by atoms with van der Waals surface area (Å²) >= 11 is 5.80. The zero-order chi connectivity index (χ0) is 25.7. The van der Waals surface area contributed by atoms with Gasteiger partial charge < -0.3 is 19.3 Å². The maximum Gasteiger partial charge on any atom is 0.267 e. The number of hydrogen-bond acceptors (Lipinski definition) is 7. The van der Waals surface area contributed by atoms with Crippen LogP contribution in [0.4, 0.5) is 0 Å². The van der Waals surface area contributed by atoms with Gasteiger partial charge in [-0.15, -0.1) is 0 Å². The number of nitrogens with zero attached hydrogens (tertiary/aromatic N) is 3. The molecule has 2 aliphatic rings. The van der Waals surface area contributed by atoms with Crippen LogP contribution in [0.2, 0.25) is 0 Å². The third-order valence-corrected chi connectivity index (χ3v) is 7.33. The molecule has 8 nitrogen and oxygen atoms in total. The predicted molar refractivity (Wildman–Crippen MR) is 141 cm³/mol. The van der Waals surface area contributed by atoms with E-state index in [9.17, 15) is 9.90 Å². The van der Waals surface area contributed by atoms with Gasteiger partial charge in [0.2, 0.25) is 18.4 Å². The van der Waals surface area contributed by atoms with Crippen LogP contribution in [0.1, 0.15) is 22.7 Å². The molecule has 188 valence electrons. The fourth-order valence-electron chi connectivity index (χ4n) is 5.27. The van der Waals surface area contributed by atoms with E-state index >= 15 is 0 Å². The fraction of sp³-hybridized carbons (Fsp3) is 0.214. The molecule has 0 bridgehead atoms. The minimum Gasteiger partial charge on any atom is -0.494 e. The number of rotatable bonds is 4. The zero-order valence-corrected chi connectivity index (χ0v) is 21.2. The maximum atomic E-state index is 14.3. The molecule has 3 aromatic carbocycles. The number of ether oxygens (including phenoxy) is 3. The average Bonchev–Trinajstić information content (AvgIpc) is 3.38. The first kappa shape index (κ1) is 23.3. The monoisotopic (exact) mass is 515 g/mol. The smallest absolute Gasteiger partial charge is 0.267 e. The molecular weight excluding hydrogens is 490 g/mol. The Hall–Kier alpha value is -4.08. The van der Waals surface area contributed by atoms with Gasteiger partial charge in [0.05, 0.1) is 24.5 Å². The minimum absolute atomic E-state index is 0.0970. The van der Waals surface area contributed by atoms with Crippen molar-refractivity contribution in [3.05, 3.63) is 98.5 Å². The second-order valence-corrected chi connectivity index (χ2v) is 9.38. The number of hydrogen-bond donors (Lipinski definition) is 1. The van der Waals surface area contributed by atoms with E-state index in [1.165, 1.54) is 4.57 Å². The van der Waals surface area contributed by atoms with Gasteiger partial charge in [-0.1, -0.05) is 36.4 Å². The van der Waals surface area contributed by atoms with Crippen molar-refractivity contribution in [2.45, 2.75) is 12.5 Å². The summed E-state index contributed by atoms with van der Waals surface area (Å²) in [6, 6.07) is 19.8. The Morgan fingerprint density at radius 1 is 0.973 bits per heavy atom. The molecule has 6 rings (SSSR count). The number of benzene rings is 3. The first-order chi connectivity index (χ1) is 18.0. The maximum absolute atomic E-state index is 14.3. The van der Waals surface area contributed by atoms with Crippen LogP contribution in [0.3, 0.4) is 0 Å². The quantitative estimate of drug-likeness (QED) is 0.404. The highest BCUT2D eigenvalue weighted by Gasteiger charge is 2.39. The first-order valence-corrected chi connectivity index (χ1v) is 12.3. The van der Waals surface area contributed by atoms with Crippen molar-refractivity contribution in [1.29, 1.82) is 0 Å². The lowest BCUT2D eigenvalue weighted by Crippen LogP contribution is -2.39. The van der Waals surface area contributed by atoms with Crippen LogP contribution in [0.15, 0.2) is 71.5 Å². The number of aromatic nitrogens is 2. The van der Waals surface area contributed by atoms with Gasteiger partial charge in [0, 0.05) is 12.1 Å². The Bertz CT molecular complexity index is 1620. The molecule has 2 aliphatic heterocycles. The van der Waals surface area contributed by atoms with Crippen LogP contribution in [0.25, 0.3) is 11.4 Å². The number of likely N-dealkylation sites (N-methyl/N-ethyl adjacent to an activating group) is 1. The van der Waals surface area contributed by atoms with E-state index in [4.69, 9.17) is 26.4 Å². The molecule has 0 saturated carbocycles. The Labute approximate surface area is 218 Å². The highest BCUT2D eigenvalue weighted by molar-refractivity contribution is 7.71. The van der Waals surface area contributed by atoms with Crippen molar-refractivity contribution in [2.75, 3.05) is 27.5 Å². The Morgan fingerprint density at radius 2 is 1.62 bits per heavy atom. The summed E-state index contributed by atoms with van der Waals surface area (Å²) in [7, 11) is 3.50. The SMILES string of the molecule is COc1c2c(cc3c1C(c1c(O)n(-c4ccccc4)c(=S)n(-c4ccccc4)c1=O)N(C)CC3)OCO2. The molecule has 0 amide bonds. The van der Waals surface area contributed by atoms with Crippen LogP contribution in [0.5, 0.6) is 23.1 Å². The summed E-state index contributed by atoms with van der Waals surface area (Å²) in [5.41, 5.74) is 2.80. The molecule has 1 atom stereocenters. The van der Waals surface area contributed by atoms with Gasteiger partial charge >= 0.3 is 0 Å². The normalized spacial score (nSPS) is 16.4. The second kappa shape index (κ2) is 9.10. The van der Waals surface area contributed by atoms with Crippen LogP contribution in [-0.4, -0.2) is 46.6 Å². The molecule has 1 aromatic heterocycles. The predicted octanol–water partition coefficient (Wildman–Crippen LogP) is 4.38. The standard InChI is InChI=1S/C28H25N3O5S/c1-29-14-13-17-15-20-24(36-16-35-20)25(34-2)21(17)23(29)22-26(32)30(18-9-5-3-6-10-18)28(37)31(27(22)33)19-11-7-4-8-12-19/h3-12,15,23,32H,13-14,16H2,1-2H3. The molecule has 0 aliphatic carbocycles. The van der Waals surface area contributed by atoms with Gasteiger partial charge in [0.15, 0.2) is 16.3 Å². The van der Waals surface area contributed by atoms with Crippen molar-refractivity contribution in [1.82, 2.24) is 14.0 Å². The molecule has 4 aromatic rings. The highest BCUT2D eigenvalue weighted by Crippen LogP contribution is 2.51. The lowest BCUT2D eigenvalue weighted by atomic mass is 9.87. The summed E-state index contributed by atoms with van der Waals surface area (Å²) < 4.78 is 20.4. The molecule has 37 heavy (non-hydrogen) atoms. The largest absolute Gasteiger partial charge is 0.494 e. The van der Waals surface area contributed by atoms with E-state index in [1.807, 2.05) is 78.7 Å². The summed E-state index contributed by atoms with van der Waals surface area (Å²) in [6.07, 6.45) is 0.723. The van der Waals surface area contributed by atoms with Crippen molar-refractivity contribution in [2.24, 2.45) is 0 Å². The van der Waals surface area contributed by atoms with E-state index in [1.54, 1.807) is 11.7 Å². The average molecular weight is 516 g/mol. The topological polar surface area (TPSA) is 78.1 Å². The zero-order valence-electron chi connectivity index (χ0n) is 20.4. The van der Waals surface area contributed by atoms with E-state index in [-0.39, 0.29) is 23.0 Å². The van der Waals surface area contributed by atoms with Crippen LogP contribution < -0.4 is 19.8 Å². The van der Waals surface area contributed by atoms with Gasteiger partial charge in [0.25, 0.3) is 5.56 Å². The van der Waals surface area contributed by atoms with Crippen molar-refractivity contribution in [3.8, 4) is 34.5 Å². The Kier molecular flexibility index (Phi) is 5.73. The lowest BCUT2D eigenvalue weighted by molar-refractivity contribution is 0.170. The van der Waals surface area contributed by atoms with Gasteiger partial charge in [-0.25, -0.2) is 0 Å². The Balaban J connectivity index is 1.71. The molecule has 1 unspecified atom stereocenters. The molecule has 1 N–H and O–H groups in total. The summed E-state index contributed by atoms with van der Waals surface area (Å²) in [6.45, 7) is 0.755. The van der Waals surface area contributed by atoms with Crippen molar-refractivity contribution in [3.63, 3.8) is 0 Å². The molecule has 0 saturated heterocycles. The van der Waals surface area contributed by atoms with Gasteiger partial charge in [-0.3, -0.25) is 18.8 Å². The minimum atomic E-state index is -0.624. The number of methoxy groups -OCH3 is 1. The molecule has 0 spiro atoms. The fourth-order valence-corrected chi connectivity index (χ4v) is 5.65. The van der Waals surface area contributed by atoms with E-state index < -0.39 is 11.6 Å². The molecule has 3 heterocycles. The van der Waals surface area contributed by atoms with Crippen molar-refractivity contribution >= 4 is 12.2 Å². The Morgan fingerprint density at radius 3 is 2.27 bits per heavy atom. The number of fused-ring (bicyclic) bond motifs is 2. The first-order valence-electron chi connectivity index (χ1n) is 11.9. The second-order valence-electron chi connectivity index (χ2n) is 9.02. The van der Waals surface area contributed by atoms with Gasteiger partial charge in [-0.2, -0.15) is 0 Å². The van der Waals surface area contributed by atoms with E-state index in [0.29, 0.717) is 35.2 Å². The molecule has 0 radical (unpaired) electrons. The lowest BCUT2D eigenvalue weighted by Gasteiger charge is -2.36. The van der Waals surface area contributed by atoms with E-state index in [2.05, 4.69) is 0 Å². The molecule has 0 fully saturated rings. The summed E-state index contributed by atoms with van der Waals surface area (Å²) in [5, 5.41) is 11.8. The van der Waals surface area contributed by atoms with E-state index in [0.717, 1.165) is 17.5 Å². The number of aromatic hydroxyl groups is 1. The third kappa shape index (κ3) is 3.61. The van der Waals surface area contributed by atoms with Crippen molar-refractivity contribution < 1.29 is 19.3 Å². The van der Waals surface area contributed by atoms with Gasteiger partial charge in [-0.05, 0) is 61.6 Å².